The number of carbonyl (C=O) groups is 2. The van der Waals surface area contributed by atoms with E-state index in [1.54, 1.807) is 11.3 Å². The van der Waals surface area contributed by atoms with Crippen LogP contribution in [0.25, 0.3) is 15.7 Å². The first-order valence-corrected chi connectivity index (χ1v) is 12.8. The summed E-state index contributed by atoms with van der Waals surface area (Å²) in [7, 11) is 0. The highest BCUT2D eigenvalue weighted by Gasteiger charge is 2.47. The standard InChI is InChI=1S/C23H31N5O2S.CH2O2/c1-14(2)19-25-28(20(29)18-12-15-9-11-31-21(15)27(18)19)23(3,22(24)30)16-6-5-10-26(13-16)17-7-4-8-17;2-1-3/h9,11-12,14,16-17H,4-8,10,13H2,1-3H3,(H2,24,30);1H,(H,2,3)/t16-,23?;/m1./s1. The summed E-state index contributed by atoms with van der Waals surface area (Å²) in [5.41, 5.74) is 5.20. The molecule has 184 valence electrons. The molecule has 0 aromatic carbocycles. The average Bonchev–Trinajstić information content (AvgIpc) is 3.35. The predicted octanol–water partition coefficient (Wildman–Crippen LogP) is 3.00. The fourth-order valence-electron chi connectivity index (χ4n) is 5.33. The van der Waals surface area contributed by atoms with Crippen molar-refractivity contribution in [1.29, 1.82) is 0 Å². The molecule has 3 aromatic rings. The van der Waals surface area contributed by atoms with Crippen LogP contribution in [0.5, 0.6) is 0 Å². The van der Waals surface area contributed by atoms with Gasteiger partial charge in [0.2, 0.25) is 5.91 Å². The van der Waals surface area contributed by atoms with Gasteiger partial charge in [0.15, 0.2) is 0 Å². The van der Waals surface area contributed by atoms with Crippen LogP contribution in [-0.2, 0) is 15.1 Å². The second-order valence-electron chi connectivity index (χ2n) is 9.81. The Bertz CT molecular complexity index is 1260. The molecule has 0 radical (unpaired) electrons. The molecule has 1 saturated heterocycles. The molecule has 1 aliphatic carbocycles. The number of nitrogens with two attached hydrogens (primary N) is 1. The molecule has 34 heavy (non-hydrogen) atoms. The number of primary amides is 1. The van der Waals surface area contributed by atoms with Gasteiger partial charge in [0, 0.05) is 29.8 Å². The van der Waals surface area contributed by atoms with E-state index >= 15 is 0 Å². The number of carbonyl (C=O) groups excluding carboxylic acids is 1. The molecule has 2 atom stereocenters. The van der Waals surface area contributed by atoms with Gasteiger partial charge in [0.05, 0.1) is 0 Å². The number of piperidine rings is 1. The Labute approximate surface area is 202 Å². The monoisotopic (exact) mass is 487 g/mol. The van der Waals surface area contributed by atoms with E-state index in [1.165, 1.54) is 23.9 Å². The minimum Gasteiger partial charge on any atom is -0.483 e. The Hall–Kier alpha value is -2.72. The van der Waals surface area contributed by atoms with Crippen LogP contribution in [0.4, 0.5) is 0 Å². The van der Waals surface area contributed by atoms with E-state index in [0.717, 1.165) is 42.0 Å². The van der Waals surface area contributed by atoms with Gasteiger partial charge in [-0.3, -0.25) is 18.8 Å². The van der Waals surface area contributed by atoms with Gasteiger partial charge in [0.25, 0.3) is 12.0 Å². The number of aromatic nitrogens is 3. The fraction of sp³-hybridized carbons (Fsp3) is 0.583. The summed E-state index contributed by atoms with van der Waals surface area (Å²) in [4.78, 5) is 38.6. The Morgan fingerprint density at radius 1 is 1.32 bits per heavy atom. The summed E-state index contributed by atoms with van der Waals surface area (Å²) < 4.78 is 3.39. The molecular weight excluding hydrogens is 454 g/mol. The van der Waals surface area contributed by atoms with Gasteiger partial charge in [-0.1, -0.05) is 20.3 Å². The Morgan fingerprint density at radius 3 is 2.62 bits per heavy atom. The molecule has 10 heteroatoms. The fourth-order valence-corrected chi connectivity index (χ4v) is 6.23. The first-order valence-electron chi connectivity index (χ1n) is 11.9. The summed E-state index contributed by atoms with van der Waals surface area (Å²) in [6.45, 7) is 7.55. The minimum atomic E-state index is -1.16. The maximum Gasteiger partial charge on any atom is 0.292 e. The highest BCUT2D eigenvalue weighted by molar-refractivity contribution is 7.16. The molecule has 1 unspecified atom stereocenters. The van der Waals surface area contributed by atoms with Crippen molar-refractivity contribution in [2.75, 3.05) is 13.1 Å². The zero-order valence-electron chi connectivity index (χ0n) is 19.9. The smallest absolute Gasteiger partial charge is 0.292 e. The normalized spacial score (nSPS) is 21.1. The van der Waals surface area contributed by atoms with E-state index in [1.807, 2.05) is 28.8 Å². The number of nitrogens with zero attached hydrogens (tertiary/aromatic N) is 4. The van der Waals surface area contributed by atoms with Gasteiger partial charge in [-0.2, -0.15) is 5.10 Å². The zero-order valence-corrected chi connectivity index (χ0v) is 20.8. The topological polar surface area (TPSA) is 123 Å². The molecule has 0 bridgehead atoms. The molecule has 1 saturated carbocycles. The number of carboxylic acid groups (broad SMARTS) is 1. The molecule has 5 rings (SSSR count). The molecule has 1 amide bonds. The van der Waals surface area contributed by atoms with Crippen LogP contribution in [0.15, 0.2) is 22.3 Å². The summed E-state index contributed by atoms with van der Waals surface area (Å²) >= 11 is 1.60. The van der Waals surface area contributed by atoms with Crippen molar-refractivity contribution in [1.82, 2.24) is 19.1 Å². The molecule has 0 spiro atoms. The van der Waals surface area contributed by atoms with E-state index in [9.17, 15) is 9.59 Å². The van der Waals surface area contributed by atoms with Gasteiger partial charge in [0.1, 0.15) is 21.7 Å². The lowest BCUT2D eigenvalue weighted by atomic mass is 9.78. The second-order valence-corrected chi connectivity index (χ2v) is 10.7. The summed E-state index contributed by atoms with van der Waals surface area (Å²) in [6.07, 6.45) is 5.61. The Balaban J connectivity index is 0.000000868. The summed E-state index contributed by atoms with van der Waals surface area (Å²) in [6, 6.07) is 4.54. The first kappa shape index (κ1) is 24.4. The second kappa shape index (κ2) is 9.50. The Morgan fingerprint density at radius 2 is 2.03 bits per heavy atom. The first-order chi connectivity index (χ1) is 16.2. The van der Waals surface area contributed by atoms with Gasteiger partial charge < -0.3 is 15.7 Å². The van der Waals surface area contributed by atoms with Crippen molar-refractivity contribution in [3.63, 3.8) is 0 Å². The number of hydrogen-bond donors (Lipinski definition) is 2. The highest BCUT2D eigenvalue weighted by atomic mass is 32.1. The van der Waals surface area contributed by atoms with Crippen LogP contribution in [0.2, 0.25) is 0 Å². The van der Waals surface area contributed by atoms with Crippen molar-refractivity contribution < 1.29 is 14.7 Å². The molecule has 3 N–H and O–H groups in total. The molecule has 3 aromatic heterocycles. The van der Waals surface area contributed by atoms with Gasteiger partial charge in [-0.25, -0.2) is 4.68 Å². The maximum atomic E-state index is 13.7. The Kier molecular flexibility index (Phi) is 6.82. The highest BCUT2D eigenvalue weighted by Crippen LogP contribution is 2.36. The summed E-state index contributed by atoms with van der Waals surface area (Å²) in [5.74, 6) is 0.353. The van der Waals surface area contributed by atoms with Crippen molar-refractivity contribution in [2.24, 2.45) is 11.7 Å². The number of rotatable bonds is 5. The molecule has 2 fully saturated rings. The van der Waals surface area contributed by atoms with Crippen LogP contribution in [-0.4, -0.2) is 55.7 Å². The number of hydrogen-bond acceptors (Lipinski definition) is 6. The molecule has 4 heterocycles. The third-order valence-corrected chi connectivity index (χ3v) is 8.46. The average molecular weight is 488 g/mol. The van der Waals surface area contributed by atoms with Crippen LogP contribution < -0.4 is 11.3 Å². The van der Waals surface area contributed by atoms with Crippen LogP contribution in [0, 0.1) is 5.92 Å². The zero-order chi connectivity index (χ0) is 24.6. The lowest BCUT2D eigenvalue weighted by molar-refractivity contribution is -0.131. The quantitative estimate of drug-likeness (QED) is 0.534. The van der Waals surface area contributed by atoms with Crippen LogP contribution in [0.1, 0.15) is 64.6 Å². The van der Waals surface area contributed by atoms with Gasteiger partial charge in [-0.15, -0.1) is 11.3 Å². The van der Waals surface area contributed by atoms with E-state index < -0.39 is 11.4 Å². The molecule has 2 aliphatic rings. The lowest BCUT2D eigenvalue weighted by Crippen LogP contribution is -2.59. The molecule has 9 nitrogen and oxygen atoms in total. The van der Waals surface area contributed by atoms with Crippen molar-refractivity contribution in [3.05, 3.63) is 33.7 Å². The third kappa shape index (κ3) is 3.92. The van der Waals surface area contributed by atoms with Gasteiger partial charge in [-0.05, 0) is 56.7 Å². The number of fused-ring (bicyclic) bond motifs is 3. The molecule has 1 aliphatic heterocycles. The van der Waals surface area contributed by atoms with Crippen LogP contribution >= 0.6 is 11.3 Å². The number of likely N-dealkylation sites (tertiary alicyclic amines) is 1. The summed E-state index contributed by atoms with van der Waals surface area (Å²) in [5, 5.41) is 14.8. The number of amides is 1. The largest absolute Gasteiger partial charge is 0.483 e. The maximum absolute atomic E-state index is 13.7. The van der Waals surface area contributed by atoms with Gasteiger partial charge >= 0.3 is 0 Å². The van der Waals surface area contributed by atoms with E-state index in [-0.39, 0.29) is 23.9 Å². The van der Waals surface area contributed by atoms with E-state index in [2.05, 4.69) is 18.7 Å². The van der Waals surface area contributed by atoms with Crippen molar-refractivity contribution >= 4 is 39.4 Å². The van der Waals surface area contributed by atoms with Crippen molar-refractivity contribution in [2.45, 2.75) is 70.4 Å². The third-order valence-electron chi connectivity index (χ3n) is 7.55. The SMILES string of the molecule is CC(C)c1nn(C(C)(C(N)=O)[C@@H]2CCCN(C3CCC3)C2)c(=O)c2cc3ccsc3n12.O=CO. The predicted molar refractivity (Wildman–Crippen MR) is 132 cm³/mol. The van der Waals surface area contributed by atoms with Crippen molar-refractivity contribution in [3.8, 4) is 0 Å². The van der Waals surface area contributed by atoms with Crippen LogP contribution in [0.3, 0.4) is 0 Å². The number of thiophene rings is 1. The lowest BCUT2D eigenvalue weighted by Gasteiger charge is -2.46. The minimum absolute atomic E-state index is 0.0388. The van der Waals surface area contributed by atoms with E-state index in [4.69, 9.17) is 20.7 Å². The van der Waals surface area contributed by atoms with E-state index in [0.29, 0.717) is 11.6 Å². The molecular formula is C24H33N5O4S.